The first kappa shape index (κ1) is 16.9. The number of hydrogen-bond donors (Lipinski definition) is 3. The van der Waals surface area contributed by atoms with E-state index in [2.05, 4.69) is 16.0 Å². The van der Waals surface area contributed by atoms with Crippen molar-refractivity contribution in [2.45, 2.75) is 6.04 Å². The first-order valence-electron chi connectivity index (χ1n) is 7.10. The lowest BCUT2D eigenvalue weighted by atomic mass is 10.1. The molecule has 0 radical (unpaired) electrons. The molecule has 1 atom stereocenters. The zero-order chi connectivity index (χ0) is 17.5. The normalized spacial score (nSPS) is 11.2. The highest BCUT2D eigenvalue weighted by Gasteiger charge is 2.22. The summed E-state index contributed by atoms with van der Waals surface area (Å²) in [6.07, 6.45) is 0. The summed E-state index contributed by atoms with van der Waals surface area (Å²) in [7, 11) is 1.40. The van der Waals surface area contributed by atoms with E-state index >= 15 is 0 Å². The molecule has 0 fully saturated rings. The van der Waals surface area contributed by atoms with Crippen molar-refractivity contribution in [1.82, 2.24) is 10.6 Å². The van der Waals surface area contributed by atoms with Crippen molar-refractivity contribution < 1.29 is 14.5 Å². The van der Waals surface area contributed by atoms with Gasteiger partial charge in [0.1, 0.15) is 6.04 Å². The molecule has 0 bridgehead atoms. The van der Waals surface area contributed by atoms with Gasteiger partial charge in [-0.15, -0.1) is 0 Å². The standard InChI is InChI=1S/C16H16N4O4/c1-17-16(22)19-15(21)14(11-6-3-2-4-7-11)18-12-8-5-9-13(10-12)20(23)24/h2-10,14,18H,1H3,(H2,17,19,21,22)/t14-/m0/s1. The molecule has 0 unspecified atom stereocenters. The Labute approximate surface area is 138 Å². The smallest absolute Gasteiger partial charge is 0.321 e. The Balaban J connectivity index is 2.29. The van der Waals surface area contributed by atoms with Gasteiger partial charge in [0.05, 0.1) is 4.92 Å². The van der Waals surface area contributed by atoms with Crippen molar-refractivity contribution in [1.29, 1.82) is 0 Å². The number of rotatable bonds is 5. The van der Waals surface area contributed by atoms with Crippen molar-refractivity contribution >= 4 is 23.3 Å². The maximum Gasteiger partial charge on any atom is 0.321 e. The fraction of sp³-hybridized carbons (Fsp3) is 0.125. The number of non-ortho nitro benzene ring substituents is 1. The maximum absolute atomic E-state index is 12.4. The number of benzene rings is 2. The molecular weight excluding hydrogens is 312 g/mol. The van der Waals surface area contributed by atoms with E-state index < -0.39 is 22.9 Å². The first-order valence-corrected chi connectivity index (χ1v) is 7.10. The lowest BCUT2D eigenvalue weighted by molar-refractivity contribution is -0.384. The van der Waals surface area contributed by atoms with Crippen molar-refractivity contribution in [3.05, 3.63) is 70.3 Å². The molecule has 0 aliphatic rings. The summed E-state index contributed by atoms with van der Waals surface area (Å²) >= 11 is 0. The number of carbonyl (C=O) groups is 2. The molecule has 8 nitrogen and oxygen atoms in total. The van der Waals surface area contributed by atoms with E-state index in [9.17, 15) is 19.7 Å². The SMILES string of the molecule is CNC(=O)NC(=O)[C@@H](Nc1cccc([N+](=O)[O-])c1)c1ccccc1. The van der Waals surface area contributed by atoms with Crippen LogP contribution in [0.1, 0.15) is 11.6 Å². The molecule has 0 aromatic heterocycles. The lowest BCUT2D eigenvalue weighted by Gasteiger charge is -2.19. The van der Waals surface area contributed by atoms with Crippen LogP contribution >= 0.6 is 0 Å². The molecule has 8 heteroatoms. The zero-order valence-corrected chi connectivity index (χ0v) is 12.9. The lowest BCUT2D eigenvalue weighted by Crippen LogP contribution is -2.42. The third-order valence-electron chi connectivity index (χ3n) is 3.23. The highest BCUT2D eigenvalue weighted by Crippen LogP contribution is 2.23. The van der Waals surface area contributed by atoms with Crippen LogP contribution in [0.4, 0.5) is 16.2 Å². The number of urea groups is 1. The summed E-state index contributed by atoms with van der Waals surface area (Å²) in [5, 5.41) is 18.3. The van der Waals surface area contributed by atoms with Crippen molar-refractivity contribution in [2.24, 2.45) is 0 Å². The second-order valence-electron chi connectivity index (χ2n) is 4.86. The Morgan fingerprint density at radius 3 is 2.42 bits per heavy atom. The van der Waals surface area contributed by atoms with Crippen molar-refractivity contribution in [3.63, 3.8) is 0 Å². The Kier molecular flexibility index (Phi) is 5.45. The minimum Gasteiger partial charge on any atom is -0.370 e. The highest BCUT2D eigenvalue weighted by molar-refractivity contribution is 5.98. The number of carbonyl (C=O) groups excluding carboxylic acids is 2. The molecule has 124 valence electrons. The van der Waals surface area contributed by atoms with Crippen LogP contribution < -0.4 is 16.0 Å². The summed E-state index contributed by atoms with van der Waals surface area (Å²) in [6, 6.07) is 13.0. The van der Waals surface area contributed by atoms with Gasteiger partial charge in [0, 0.05) is 24.9 Å². The summed E-state index contributed by atoms with van der Waals surface area (Å²) in [5.74, 6) is -0.577. The number of anilines is 1. The van der Waals surface area contributed by atoms with E-state index in [1.54, 1.807) is 36.4 Å². The topological polar surface area (TPSA) is 113 Å². The minimum atomic E-state index is -0.884. The highest BCUT2D eigenvalue weighted by atomic mass is 16.6. The molecule has 0 saturated heterocycles. The number of nitrogens with zero attached hydrogens (tertiary/aromatic N) is 1. The first-order chi connectivity index (χ1) is 11.5. The van der Waals surface area contributed by atoms with Gasteiger partial charge in [-0.1, -0.05) is 36.4 Å². The zero-order valence-electron chi connectivity index (χ0n) is 12.9. The summed E-state index contributed by atoms with van der Waals surface area (Å²) in [5.41, 5.74) is 0.911. The average molecular weight is 328 g/mol. The molecule has 3 N–H and O–H groups in total. The van der Waals surface area contributed by atoms with Gasteiger partial charge in [0.25, 0.3) is 11.6 Å². The second kappa shape index (κ2) is 7.73. The van der Waals surface area contributed by atoms with Gasteiger partial charge in [0.2, 0.25) is 0 Å². The second-order valence-corrected chi connectivity index (χ2v) is 4.86. The molecule has 24 heavy (non-hydrogen) atoms. The molecular formula is C16H16N4O4. The molecule has 0 heterocycles. The predicted molar refractivity (Wildman–Crippen MR) is 88.5 cm³/mol. The molecule has 0 saturated carbocycles. The van der Waals surface area contributed by atoms with Crippen LogP contribution in [0.2, 0.25) is 0 Å². The van der Waals surface area contributed by atoms with Crippen LogP contribution in [0.15, 0.2) is 54.6 Å². The van der Waals surface area contributed by atoms with Crippen LogP contribution in [-0.4, -0.2) is 23.9 Å². The van der Waals surface area contributed by atoms with E-state index in [-0.39, 0.29) is 5.69 Å². The third kappa shape index (κ3) is 4.29. The Morgan fingerprint density at radius 2 is 1.79 bits per heavy atom. The molecule has 0 spiro atoms. The number of imide groups is 1. The van der Waals surface area contributed by atoms with Gasteiger partial charge in [0.15, 0.2) is 0 Å². The molecule has 2 aromatic carbocycles. The third-order valence-corrected chi connectivity index (χ3v) is 3.23. The molecule has 0 aliphatic heterocycles. The summed E-state index contributed by atoms with van der Waals surface area (Å²) in [4.78, 5) is 34.1. The maximum atomic E-state index is 12.4. The van der Waals surface area contributed by atoms with E-state index in [1.807, 2.05) is 0 Å². The molecule has 0 aliphatic carbocycles. The van der Waals surface area contributed by atoms with Gasteiger partial charge in [-0.3, -0.25) is 20.2 Å². The largest absolute Gasteiger partial charge is 0.370 e. The number of nitro groups is 1. The van der Waals surface area contributed by atoms with Crippen LogP contribution in [0.25, 0.3) is 0 Å². The van der Waals surface area contributed by atoms with Crippen molar-refractivity contribution in [3.8, 4) is 0 Å². The number of nitro benzene ring substituents is 1. The molecule has 2 aromatic rings. The van der Waals surface area contributed by atoms with E-state index in [0.717, 1.165) is 0 Å². The number of hydrogen-bond acceptors (Lipinski definition) is 5. The summed E-state index contributed by atoms with van der Waals surface area (Å²) in [6.45, 7) is 0. The van der Waals surface area contributed by atoms with Gasteiger partial charge in [-0.05, 0) is 11.6 Å². The monoisotopic (exact) mass is 328 g/mol. The Morgan fingerprint density at radius 1 is 1.08 bits per heavy atom. The molecule has 3 amide bonds. The fourth-order valence-electron chi connectivity index (χ4n) is 2.07. The quantitative estimate of drug-likeness (QED) is 0.575. The predicted octanol–water partition coefficient (Wildman–Crippen LogP) is 2.20. The van der Waals surface area contributed by atoms with Gasteiger partial charge < -0.3 is 10.6 Å². The van der Waals surface area contributed by atoms with E-state index in [4.69, 9.17) is 0 Å². The van der Waals surface area contributed by atoms with E-state index in [0.29, 0.717) is 11.3 Å². The summed E-state index contributed by atoms with van der Waals surface area (Å²) < 4.78 is 0. The molecule has 2 rings (SSSR count). The van der Waals surface area contributed by atoms with Gasteiger partial charge >= 0.3 is 6.03 Å². The van der Waals surface area contributed by atoms with Crippen LogP contribution in [0.3, 0.4) is 0 Å². The fourth-order valence-corrected chi connectivity index (χ4v) is 2.07. The average Bonchev–Trinajstić information content (AvgIpc) is 2.60. The van der Waals surface area contributed by atoms with Crippen molar-refractivity contribution in [2.75, 3.05) is 12.4 Å². The van der Waals surface area contributed by atoms with Gasteiger partial charge in [-0.2, -0.15) is 0 Å². The van der Waals surface area contributed by atoms with Crippen LogP contribution in [0.5, 0.6) is 0 Å². The Bertz CT molecular complexity index is 749. The van der Waals surface area contributed by atoms with Crippen LogP contribution in [-0.2, 0) is 4.79 Å². The Hall–Kier alpha value is -3.42. The number of nitrogens with one attached hydrogen (secondary N) is 3. The van der Waals surface area contributed by atoms with Gasteiger partial charge in [-0.25, -0.2) is 4.79 Å². The van der Waals surface area contributed by atoms with E-state index in [1.165, 1.54) is 25.2 Å². The van der Waals surface area contributed by atoms with Crippen LogP contribution in [0, 0.1) is 10.1 Å². The number of amides is 3. The minimum absolute atomic E-state index is 0.0986.